The number of carbonyl (C=O) groups is 2. The fraction of sp³-hybridized carbons (Fsp3) is 0.556. The Labute approximate surface area is 137 Å². The summed E-state index contributed by atoms with van der Waals surface area (Å²) in [5.41, 5.74) is 1.04. The molecule has 0 spiro atoms. The number of likely N-dealkylation sites (N-methyl/N-ethyl adjacent to an activating group) is 1. The molecular weight excluding hydrogens is 292 g/mol. The fourth-order valence-electron chi connectivity index (χ4n) is 3.08. The van der Waals surface area contributed by atoms with E-state index in [1.165, 1.54) is 0 Å². The Kier molecular flexibility index (Phi) is 6.30. The molecular formula is C18H26N2O3. The van der Waals surface area contributed by atoms with Gasteiger partial charge in [-0.15, -0.1) is 0 Å². The molecule has 3 atom stereocenters. The maximum absolute atomic E-state index is 12.1. The predicted octanol–water partition coefficient (Wildman–Crippen LogP) is 1.35. The van der Waals surface area contributed by atoms with E-state index in [1.54, 1.807) is 0 Å². The molecule has 1 aromatic rings. The standard InChI is InChI=1S/C18H26N2O3/c1-13(18(23)17-15(21)9-6-10-20(17)2)11-16(22)19-12-14-7-4-3-5-8-14/h3-5,7-8,13,17-18,23H,6,9-12H2,1-2H3,(H,19,22)/t13-,17-,18?/m1/s1. The number of aliphatic hydroxyl groups excluding tert-OH is 1. The lowest BCUT2D eigenvalue weighted by atomic mass is 9.88. The summed E-state index contributed by atoms with van der Waals surface area (Å²) in [6.07, 6.45) is 0.755. The highest BCUT2D eigenvalue weighted by Crippen LogP contribution is 2.21. The van der Waals surface area contributed by atoms with Crippen LogP contribution in [0.1, 0.15) is 31.7 Å². The van der Waals surface area contributed by atoms with Crippen molar-refractivity contribution in [2.24, 2.45) is 5.92 Å². The van der Waals surface area contributed by atoms with Crippen molar-refractivity contribution < 1.29 is 14.7 Å². The molecule has 1 aliphatic rings. The molecule has 2 N–H and O–H groups in total. The van der Waals surface area contributed by atoms with E-state index in [0.717, 1.165) is 18.5 Å². The van der Waals surface area contributed by atoms with Crippen LogP contribution in [0.25, 0.3) is 0 Å². The number of aliphatic hydroxyl groups is 1. The van der Waals surface area contributed by atoms with Crippen LogP contribution in [0.2, 0.25) is 0 Å². The maximum atomic E-state index is 12.1. The number of piperidine rings is 1. The molecule has 1 aliphatic heterocycles. The zero-order chi connectivity index (χ0) is 16.8. The van der Waals surface area contributed by atoms with Crippen molar-refractivity contribution in [3.05, 3.63) is 35.9 Å². The number of benzene rings is 1. The molecule has 5 nitrogen and oxygen atoms in total. The van der Waals surface area contributed by atoms with E-state index in [2.05, 4.69) is 5.32 Å². The van der Waals surface area contributed by atoms with E-state index in [1.807, 2.05) is 49.2 Å². The number of ketones is 1. The van der Waals surface area contributed by atoms with Gasteiger partial charge in [0.1, 0.15) is 0 Å². The zero-order valence-corrected chi connectivity index (χ0v) is 13.9. The lowest BCUT2D eigenvalue weighted by Gasteiger charge is -2.36. The average molecular weight is 318 g/mol. The second-order valence-corrected chi connectivity index (χ2v) is 6.43. The van der Waals surface area contributed by atoms with Crippen LogP contribution in [0.3, 0.4) is 0 Å². The van der Waals surface area contributed by atoms with Gasteiger partial charge in [0.05, 0.1) is 12.1 Å². The Hall–Kier alpha value is -1.72. The number of nitrogens with zero attached hydrogens (tertiary/aromatic N) is 1. The van der Waals surface area contributed by atoms with Crippen LogP contribution in [-0.4, -0.2) is 47.4 Å². The summed E-state index contributed by atoms with van der Waals surface area (Å²) in [7, 11) is 1.85. The highest BCUT2D eigenvalue weighted by atomic mass is 16.3. The Bertz CT molecular complexity index is 532. The topological polar surface area (TPSA) is 69.6 Å². The van der Waals surface area contributed by atoms with Gasteiger partial charge >= 0.3 is 0 Å². The molecule has 1 heterocycles. The molecule has 1 fully saturated rings. The van der Waals surface area contributed by atoms with Crippen molar-refractivity contribution in [1.82, 2.24) is 10.2 Å². The Morgan fingerprint density at radius 2 is 2.09 bits per heavy atom. The Balaban J connectivity index is 1.83. The Morgan fingerprint density at radius 3 is 2.74 bits per heavy atom. The summed E-state index contributed by atoms with van der Waals surface area (Å²) in [5.74, 6) is -0.297. The minimum absolute atomic E-state index is 0.0720. The SMILES string of the molecule is C[C@H](CC(=O)NCc1ccccc1)C(O)[C@H]1C(=O)CCCN1C. The van der Waals surface area contributed by atoms with E-state index in [0.29, 0.717) is 13.0 Å². The van der Waals surface area contributed by atoms with Gasteiger partial charge in [0.2, 0.25) is 5.91 Å². The summed E-state index contributed by atoms with van der Waals surface area (Å²) in [6, 6.07) is 9.21. The molecule has 1 saturated heterocycles. The number of hydrogen-bond acceptors (Lipinski definition) is 4. The minimum Gasteiger partial charge on any atom is -0.391 e. The van der Waals surface area contributed by atoms with Gasteiger partial charge in [-0.2, -0.15) is 0 Å². The highest BCUT2D eigenvalue weighted by Gasteiger charge is 2.36. The van der Waals surface area contributed by atoms with Crippen molar-refractivity contribution in [2.45, 2.75) is 44.9 Å². The Morgan fingerprint density at radius 1 is 1.39 bits per heavy atom. The second kappa shape index (κ2) is 8.22. The monoisotopic (exact) mass is 318 g/mol. The maximum Gasteiger partial charge on any atom is 0.220 e. The molecule has 1 aromatic carbocycles. The largest absolute Gasteiger partial charge is 0.391 e. The molecule has 0 radical (unpaired) electrons. The lowest BCUT2D eigenvalue weighted by molar-refractivity contribution is -0.134. The molecule has 0 aliphatic carbocycles. The quantitative estimate of drug-likeness (QED) is 0.831. The first kappa shape index (κ1) is 17.6. The van der Waals surface area contributed by atoms with Gasteiger partial charge in [0, 0.05) is 19.4 Å². The summed E-state index contributed by atoms with van der Waals surface area (Å²) in [5, 5.41) is 13.3. The van der Waals surface area contributed by atoms with Gasteiger partial charge in [-0.3, -0.25) is 14.5 Å². The number of hydrogen-bond donors (Lipinski definition) is 2. The van der Waals surface area contributed by atoms with Crippen LogP contribution in [0.5, 0.6) is 0 Å². The van der Waals surface area contributed by atoms with Crippen LogP contribution in [0.15, 0.2) is 30.3 Å². The second-order valence-electron chi connectivity index (χ2n) is 6.43. The van der Waals surface area contributed by atoms with Gasteiger partial charge in [-0.25, -0.2) is 0 Å². The number of amides is 1. The van der Waals surface area contributed by atoms with E-state index in [4.69, 9.17) is 0 Å². The predicted molar refractivity (Wildman–Crippen MR) is 88.7 cm³/mol. The molecule has 0 aromatic heterocycles. The number of likely N-dealkylation sites (tertiary alicyclic amines) is 1. The van der Waals surface area contributed by atoms with Gasteiger partial charge in [0.25, 0.3) is 0 Å². The third kappa shape index (κ3) is 4.88. The number of rotatable bonds is 6. The molecule has 0 saturated carbocycles. The smallest absolute Gasteiger partial charge is 0.220 e. The normalized spacial score (nSPS) is 21.7. The van der Waals surface area contributed by atoms with Gasteiger partial charge in [-0.05, 0) is 31.5 Å². The van der Waals surface area contributed by atoms with E-state index in [9.17, 15) is 14.7 Å². The number of Topliss-reactive ketones (excluding diaryl/α,β-unsaturated/α-hetero) is 1. The van der Waals surface area contributed by atoms with Crippen LogP contribution in [0, 0.1) is 5.92 Å². The van der Waals surface area contributed by atoms with E-state index in [-0.39, 0.29) is 24.0 Å². The van der Waals surface area contributed by atoms with Crippen molar-refractivity contribution >= 4 is 11.7 Å². The van der Waals surface area contributed by atoms with Crippen LogP contribution >= 0.6 is 0 Å². The number of nitrogens with one attached hydrogen (secondary N) is 1. The van der Waals surface area contributed by atoms with E-state index >= 15 is 0 Å². The summed E-state index contributed by atoms with van der Waals surface area (Å²) < 4.78 is 0. The molecule has 126 valence electrons. The minimum atomic E-state index is -0.810. The summed E-state index contributed by atoms with van der Waals surface area (Å²) in [6.45, 7) is 3.10. The van der Waals surface area contributed by atoms with Crippen LogP contribution in [0.4, 0.5) is 0 Å². The fourth-order valence-corrected chi connectivity index (χ4v) is 3.08. The van der Waals surface area contributed by atoms with Crippen LogP contribution < -0.4 is 5.32 Å². The van der Waals surface area contributed by atoms with Gasteiger partial charge < -0.3 is 10.4 Å². The summed E-state index contributed by atoms with van der Waals surface area (Å²) >= 11 is 0. The molecule has 2 rings (SSSR count). The highest BCUT2D eigenvalue weighted by molar-refractivity contribution is 5.85. The first-order valence-corrected chi connectivity index (χ1v) is 8.20. The van der Waals surface area contributed by atoms with Gasteiger partial charge in [-0.1, -0.05) is 37.3 Å². The third-order valence-electron chi connectivity index (χ3n) is 4.49. The summed E-state index contributed by atoms with van der Waals surface area (Å²) in [4.78, 5) is 26.0. The molecule has 1 amide bonds. The molecule has 5 heteroatoms. The molecule has 0 bridgehead atoms. The third-order valence-corrected chi connectivity index (χ3v) is 4.49. The van der Waals surface area contributed by atoms with Crippen molar-refractivity contribution in [3.8, 4) is 0 Å². The molecule has 23 heavy (non-hydrogen) atoms. The molecule has 1 unspecified atom stereocenters. The number of carbonyl (C=O) groups excluding carboxylic acids is 2. The lowest BCUT2D eigenvalue weighted by Crippen LogP contribution is -2.52. The van der Waals surface area contributed by atoms with Crippen molar-refractivity contribution in [3.63, 3.8) is 0 Å². The average Bonchev–Trinajstić information content (AvgIpc) is 2.53. The zero-order valence-electron chi connectivity index (χ0n) is 13.9. The van der Waals surface area contributed by atoms with Crippen molar-refractivity contribution in [2.75, 3.05) is 13.6 Å². The van der Waals surface area contributed by atoms with Gasteiger partial charge in [0.15, 0.2) is 5.78 Å². The van der Waals surface area contributed by atoms with E-state index < -0.39 is 12.1 Å². The first-order chi connectivity index (χ1) is 11.0. The first-order valence-electron chi connectivity index (χ1n) is 8.20. The van der Waals surface area contributed by atoms with Crippen molar-refractivity contribution in [1.29, 1.82) is 0 Å². The van der Waals surface area contributed by atoms with Crippen LogP contribution in [-0.2, 0) is 16.1 Å².